The first kappa shape index (κ1) is 25.3. The third-order valence-electron chi connectivity index (χ3n) is 6.16. The highest BCUT2D eigenvalue weighted by Gasteiger charge is 2.31. The molecule has 2 saturated heterocycles. The normalized spacial score (nSPS) is 15.1. The molecular formula is C26H24F2N6O3S. The van der Waals surface area contributed by atoms with E-state index in [0.29, 0.717) is 37.7 Å². The van der Waals surface area contributed by atoms with E-state index in [2.05, 4.69) is 15.6 Å². The minimum absolute atomic E-state index is 0.0646. The molecule has 0 atom stereocenters. The van der Waals surface area contributed by atoms with Crippen molar-refractivity contribution in [3.63, 3.8) is 0 Å². The Morgan fingerprint density at radius 1 is 0.895 bits per heavy atom. The van der Waals surface area contributed by atoms with E-state index in [-0.39, 0.29) is 34.1 Å². The summed E-state index contributed by atoms with van der Waals surface area (Å²) in [5, 5.41) is 5.62. The van der Waals surface area contributed by atoms with Gasteiger partial charge in [-0.05, 0) is 67.5 Å². The van der Waals surface area contributed by atoms with Gasteiger partial charge in [0.25, 0.3) is 0 Å². The molecule has 4 amide bonds. The minimum Gasteiger partial charge on any atom is -0.454 e. The minimum atomic E-state index is -0.695. The molecule has 1 aromatic heterocycles. The highest BCUT2D eigenvalue weighted by molar-refractivity contribution is 7.80. The maximum atomic E-state index is 14.8. The van der Waals surface area contributed by atoms with Crippen molar-refractivity contribution in [2.45, 2.75) is 12.8 Å². The van der Waals surface area contributed by atoms with Crippen molar-refractivity contribution in [2.75, 3.05) is 41.7 Å². The third kappa shape index (κ3) is 5.65. The van der Waals surface area contributed by atoms with Crippen molar-refractivity contribution < 1.29 is 23.1 Å². The van der Waals surface area contributed by atoms with Crippen molar-refractivity contribution in [2.24, 2.45) is 0 Å². The van der Waals surface area contributed by atoms with Gasteiger partial charge in [-0.25, -0.2) is 23.4 Å². The number of carbonyl (C=O) groups excluding carboxylic acids is 2. The van der Waals surface area contributed by atoms with Crippen LogP contribution >= 0.6 is 12.2 Å². The number of ether oxygens (including phenoxy) is 1. The first-order valence-corrected chi connectivity index (χ1v) is 12.4. The second-order valence-electron chi connectivity index (χ2n) is 8.74. The molecule has 3 heterocycles. The SMILES string of the molecule is O=C(Nc1cc(Oc2ccc(NC(=O)N3CCN(c4ccc(F)cc4)C3=S)cc2F)ccn1)N1CCCC1. The summed E-state index contributed by atoms with van der Waals surface area (Å²) in [5.74, 6) is -0.545. The van der Waals surface area contributed by atoms with Crippen LogP contribution in [0.3, 0.4) is 0 Å². The maximum absolute atomic E-state index is 14.8. The topological polar surface area (TPSA) is 90.0 Å². The lowest BCUT2D eigenvalue weighted by Gasteiger charge is -2.21. The molecule has 38 heavy (non-hydrogen) atoms. The van der Waals surface area contributed by atoms with Gasteiger partial charge in [0.05, 0.1) is 0 Å². The Bertz CT molecular complexity index is 1370. The summed E-state index contributed by atoms with van der Waals surface area (Å²) < 4.78 is 33.7. The van der Waals surface area contributed by atoms with Crippen LogP contribution in [0.25, 0.3) is 0 Å². The monoisotopic (exact) mass is 538 g/mol. The molecule has 5 rings (SSSR count). The Kier molecular flexibility index (Phi) is 7.31. The summed E-state index contributed by atoms with van der Waals surface area (Å²) in [6.45, 7) is 2.17. The molecular weight excluding hydrogens is 514 g/mol. The fourth-order valence-corrected chi connectivity index (χ4v) is 4.59. The number of rotatable bonds is 5. The zero-order chi connectivity index (χ0) is 26.6. The zero-order valence-electron chi connectivity index (χ0n) is 20.2. The van der Waals surface area contributed by atoms with Crippen molar-refractivity contribution >= 4 is 46.6 Å². The van der Waals surface area contributed by atoms with Gasteiger partial charge in [-0.1, -0.05) is 0 Å². The lowest BCUT2D eigenvalue weighted by Crippen LogP contribution is -2.38. The molecule has 0 aliphatic carbocycles. The van der Waals surface area contributed by atoms with Crippen LogP contribution in [0.15, 0.2) is 60.8 Å². The number of benzene rings is 2. The average Bonchev–Trinajstić information content (AvgIpc) is 3.57. The molecule has 0 radical (unpaired) electrons. The van der Waals surface area contributed by atoms with E-state index >= 15 is 0 Å². The smallest absolute Gasteiger partial charge is 0.328 e. The molecule has 2 aliphatic heterocycles. The Morgan fingerprint density at radius 2 is 1.66 bits per heavy atom. The summed E-state index contributed by atoms with van der Waals surface area (Å²) in [5.41, 5.74) is 0.894. The van der Waals surface area contributed by atoms with Crippen LogP contribution in [-0.2, 0) is 0 Å². The van der Waals surface area contributed by atoms with Gasteiger partial charge >= 0.3 is 12.1 Å². The van der Waals surface area contributed by atoms with Gasteiger partial charge in [-0.2, -0.15) is 0 Å². The predicted molar refractivity (Wildman–Crippen MR) is 143 cm³/mol. The molecule has 12 heteroatoms. The Hall–Kier alpha value is -4.32. The van der Waals surface area contributed by atoms with Crippen molar-refractivity contribution in [3.8, 4) is 11.5 Å². The fraction of sp³-hybridized carbons (Fsp3) is 0.231. The molecule has 2 fully saturated rings. The van der Waals surface area contributed by atoms with Gasteiger partial charge in [0, 0.05) is 55.9 Å². The van der Waals surface area contributed by atoms with Crippen molar-refractivity contribution in [1.29, 1.82) is 0 Å². The molecule has 9 nitrogen and oxygen atoms in total. The number of carbonyl (C=O) groups is 2. The van der Waals surface area contributed by atoms with E-state index in [1.807, 2.05) is 0 Å². The molecule has 0 unspecified atom stereocenters. The number of hydrogen-bond acceptors (Lipinski definition) is 5. The summed E-state index contributed by atoms with van der Waals surface area (Å²) in [6, 6.07) is 12.2. The van der Waals surface area contributed by atoms with E-state index in [1.54, 1.807) is 28.0 Å². The molecule has 0 spiro atoms. The zero-order valence-corrected chi connectivity index (χ0v) is 21.0. The summed E-state index contributed by atoms with van der Waals surface area (Å²) in [6.07, 6.45) is 3.40. The van der Waals surface area contributed by atoms with E-state index in [9.17, 15) is 18.4 Å². The highest BCUT2D eigenvalue weighted by atomic mass is 32.1. The van der Waals surface area contributed by atoms with Crippen LogP contribution in [0.1, 0.15) is 12.8 Å². The Balaban J connectivity index is 1.20. The standard InChI is InChI=1S/C26H24F2N6O3S/c27-17-3-6-19(7-4-17)33-13-14-34(26(33)38)25(36)30-18-5-8-22(21(28)15-18)37-20-9-10-29-23(16-20)31-24(35)32-11-1-2-12-32/h3-10,15-16H,1-2,11-14H2,(H,30,36)(H,29,31,35). The van der Waals surface area contributed by atoms with Gasteiger partial charge in [-0.15, -0.1) is 0 Å². The van der Waals surface area contributed by atoms with E-state index in [0.717, 1.165) is 18.9 Å². The second-order valence-corrected chi connectivity index (χ2v) is 9.11. The molecule has 2 aliphatic rings. The van der Waals surface area contributed by atoms with E-state index < -0.39 is 11.8 Å². The lowest BCUT2D eigenvalue weighted by atomic mass is 10.3. The maximum Gasteiger partial charge on any atom is 0.328 e. The summed E-state index contributed by atoms with van der Waals surface area (Å²) in [7, 11) is 0. The van der Waals surface area contributed by atoms with Crippen molar-refractivity contribution in [3.05, 3.63) is 72.4 Å². The number of aromatic nitrogens is 1. The van der Waals surface area contributed by atoms with Crippen LogP contribution in [0.2, 0.25) is 0 Å². The highest BCUT2D eigenvalue weighted by Crippen LogP contribution is 2.28. The summed E-state index contributed by atoms with van der Waals surface area (Å²) >= 11 is 5.43. The number of thiocarbonyl (C=S) groups is 1. The second kappa shape index (κ2) is 11.0. The number of hydrogen-bond donors (Lipinski definition) is 2. The van der Waals surface area contributed by atoms with Gasteiger partial charge in [0.15, 0.2) is 16.7 Å². The first-order chi connectivity index (χ1) is 18.4. The van der Waals surface area contributed by atoms with Crippen LogP contribution < -0.4 is 20.3 Å². The van der Waals surface area contributed by atoms with Crippen molar-refractivity contribution in [1.82, 2.24) is 14.8 Å². The molecule has 196 valence electrons. The van der Waals surface area contributed by atoms with Crippen LogP contribution in [0.4, 0.5) is 35.6 Å². The fourth-order valence-electron chi connectivity index (χ4n) is 4.22. The molecule has 0 saturated carbocycles. The number of anilines is 3. The average molecular weight is 539 g/mol. The Labute approximate surface area is 223 Å². The quantitative estimate of drug-likeness (QED) is 0.422. The molecule has 2 aromatic carbocycles. The number of pyridine rings is 1. The van der Waals surface area contributed by atoms with Gasteiger partial charge in [0.2, 0.25) is 0 Å². The Morgan fingerprint density at radius 3 is 2.39 bits per heavy atom. The van der Waals surface area contributed by atoms with Gasteiger partial charge in [-0.3, -0.25) is 10.2 Å². The third-order valence-corrected chi connectivity index (χ3v) is 6.60. The van der Waals surface area contributed by atoms with E-state index in [4.69, 9.17) is 17.0 Å². The lowest BCUT2D eigenvalue weighted by molar-refractivity contribution is 0.222. The van der Waals surface area contributed by atoms with Gasteiger partial charge in [0.1, 0.15) is 17.4 Å². The number of urea groups is 2. The first-order valence-electron chi connectivity index (χ1n) is 12.0. The van der Waals surface area contributed by atoms with Crippen LogP contribution in [0.5, 0.6) is 11.5 Å². The summed E-state index contributed by atoms with van der Waals surface area (Å²) in [4.78, 5) is 34.0. The molecule has 2 N–H and O–H groups in total. The van der Waals surface area contributed by atoms with Crippen LogP contribution in [0, 0.1) is 11.6 Å². The predicted octanol–water partition coefficient (Wildman–Crippen LogP) is 5.42. The largest absolute Gasteiger partial charge is 0.454 e. The number of halogens is 2. The number of nitrogens with zero attached hydrogens (tertiary/aromatic N) is 4. The number of nitrogens with one attached hydrogen (secondary N) is 2. The molecule has 0 bridgehead atoms. The van der Waals surface area contributed by atoms with Gasteiger partial charge < -0.3 is 19.9 Å². The van der Waals surface area contributed by atoms with Crippen LogP contribution in [-0.4, -0.2) is 58.1 Å². The molecule has 3 aromatic rings. The number of likely N-dealkylation sites (tertiary alicyclic amines) is 1. The number of amides is 4. The van der Waals surface area contributed by atoms with E-state index in [1.165, 1.54) is 41.4 Å².